The van der Waals surface area contributed by atoms with Gasteiger partial charge in [-0.2, -0.15) is 0 Å². The van der Waals surface area contributed by atoms with Gasteiger partial charge in [0.25, 0.3) is 0 Å². The Hall–Kier alpha value is -3.13. The fourth-order valence-electron chi connectivity index (χ4n) is 4.55. The summed E-state index contributed by atoms with van der Waals surface area (Å²) < 4.78 is 0. The van der Waals surface area contributed by atoms with Gasteiger partial charge in [0.1, 0.15) is 0 Å². The maximum absolute atomic E-state index is 4.90. The van der Waals surface area contributed by atoms with Gasteiger partial charge in [-0.3, -0.25) is 4.99 Å². The van der Waals surface area contributed by atoms with Crippen LogP contribution < -0.4 is 0 Å². The average molecular weight is 334 g/mol. The Labute approximate surface area is 152 Å². The number of H-pyrrole nitrogens is 1. The van der Waals surface area contributed by atoms with Gasteiger partial charge in [-0.1, -0.05) is 54.6 Å². The maximum atomic E-state index is 4.90. The lowest BCUT2D eigenvalue weighted by atomic mass is 9.95. The van der Waals surface area contributed by atoms with Crippen molar-refractivity contribution in [1.82, 2.24) is 4.98 Å². The topological polar surface area (TPSA) is 28.1 Å². The third-order valence-electron chi connectivity index (χ3n) is 5.75. The highest BCUT2D eigenvalue weighted by Crippen LogP contribution is 2.37. The molecule has 2 aliphatic rings. The van der Waals surface area contributed by atoms with Crippen molar-refractivity contribution in [3.63, 3.8) is 0 Å². The molecule has 124 valence electrons. The smallest absolute Gasteiger partial charge is 0.0884 e. The van der Waals surface area contributed by atoms with E-state index in [0.29, 0.717) is 0 Å². The molecule has 0 saturated heterocycles. The molecule has 6 rings (SSSR count). The van der Waals surface area contributed by atoms with Crippen LogP contribution in [0.3, 0.4) is 0 Å². The van der Waals surface area contributed by atoms with Gasteiger partial charge < -0.3 is 4.98 Å². The van der Waals surface area contributed by atoms with Crippen LogP contribution in [0.25, 0.3) is 22.0 Å². The molecule has 0 spiro atoms. The zero-order chi connectivity index (χ0) is 17.1. The van der Waals surface area contributed by atoms with Gasteiger partial charge in [0.15, 0.2) is 0 Å². The molecule has 0 fully saturated rings. The zero-order valence-electron chi connectivity index (χ0n) is 14.4. The van der Waals surface area contributed by atoms with Crippen molar-refractivity contribution in [3.8, 4) is 11.1 Å². The molecule has 1 aliphatic heterocycles. The Bertz CT molecular complexity index is 1210. The zero-order valence-corrected chi connectivity index (χ0v) is 14.4. The van der Waals surface area contributed by atoms with Crippen molar-refractivity contribution in [2.45, 2.75) is 12.8 Å². The first-order valence-electron chi connectivity index (χ1n) is 9.24. The van der Waals surface area contributed by atoms with Crippen molar-refractivity contribution in [3.05, 3.63) is 94.7 Å². The number of benzene rings is 3. The van der Waals surface area contributed by atoms with Crippen molar-refractivity contribution in [2.24, 2.45) is 4.99 Å². The molecule has 4 aromatic rings. The molecule has 1 aromatic heterocycles. The number of fused-ring (bicyclic) bond motifs is 6. The summed E-state index contributed by atoms with van der Waals surface area (Å²) in [5.74, 6) is 0. The van der Waals surface area contributed by atoms with Gasteiger partial charge in [0, 0.05) is 23.0 Å². The standard InChI is InChI=1S/C24H18N2/c1-2-6-18-15(5-1)13-17-14-16(9-10-19(17)18)23-24-21(11-12-25-23)20-7-3-4-8-22(20)26-24/h1-10,14,26H,11-13H2. The van der Waals surface area contributed by atoms with Crippen LogP contribution in [-0.2, 0) is 12.8 Å². The largest absolute Gasteiger partial charge is 0.353 e. The highest BCUT2D eigenvalue weighted by molar-refractivity contribution is 6.16. The summed E-state index contributed by atoms with van der Waals surface area (Å²) in [7, 11) is 0. The van der Waals surface area contributed by atoms with E-state index in [4.69, 9.17) is 4.99 Å². The molecule has 0 radical (unpaired) electrons. The molecule has 0 bridgehead atoms. The van der Waals surface area contributed by atoms with E-state index >= 15 is 0 Å². The van der Waals surface area contributed by atoms with E-state index in [1.165, 1.54) is 50.0 Å². The number of para-hydroxylation sites is 1. The molecule has 1 N–H and O–H groups in total. The summed E-state index contributed by atoms with van der Waals surface area (Å²) in [4.78, 5) is 8.51. The predicted octanol–water partition coefficient (Wildman–Crippen LogP) is 5.13. The van der Waals surface area contributed by atoms with Crippen LogP contribution in [0.1, 0.15) is 27.9 Å². The van der Waals surface area contributed by atoms with Gasteiger partial charge >= 0.3 is 0 Å². The average Bonchev–Trinajstić information content (AvgIpc) is 3.25. The molecular weight excluding hydrogens is 316 g/mol. The van der Waals surface area contributed by atoms with Crippen molar-refractivity contribution in [2.75, 3.05) is 6.54 Å². The number of rotatable bonds is 1. The Morgan fingerprint density at radius 3 is 2.65 bits per heavy atom. The molecule has 3 aromatic carbocycles. The molecule has 2 heterocycles. The van der Waals surface area contributed by atoms with Crippen LogP contribution in [0.4, 0.5) is 0 Å². The van der Waals surface area contributed by atoms with Crippen LogP contribution in [0.5, 0.6) is 0 Å². The van der Waals surface area contributed by atoms with E-state index in [-0.39, 0.29) is 0 Å². The maximum Gasteiger partial charge on any atom is 0.0884 e. The van der Waals surface area contributed by atoms with E-state index in [0.717, 1.165) is 25.1 Å². The van der Waals surface area contributed by atoms with E-state index in [1.807, 2.05) is 0 Å². The first-order chi connectivity index (χ1) is 12.9. The van der Waals surface area contributed by atoms with Crippen molar-refractivity contribution < 1.29 is 0 Å². The summed E-state index contributed by atoms with van der Waals surface area (Å²) in [6.45, 7) is 0.863. The SMILES string of the molecule is c1ccc2c(c1)Cc1cc(C3=NCCc4c3[nH]c3ccccc43)ccc1-2. The van der Waals surface area contributed by atoms with Crippen molar-refractivity contribution in [1.29, 1.82) is 0 Å². The van der Waals surface area contributed by atoms with Crippen LogP contribution in [0.15, 0.2) is 71.7 Å². The summed E-state index contributed by atoms with van der Waals surface area (Å²) >= 11 is 0. The van der Waals surface area contributed by atoms with Gasteiger partial charge in [-0.05, 0) is 52.8 Å². The lowest BCUT2D eigenvalue weighted by Gasteiger charge is -2.14. The first kappa shape index (κ1) is 14.1. The first-order valence-corrected chi connectivity index (χ1v) is 9.24. The lowest BCUT2D eigenvalue weighted by molar-refractivity contribution is 0.948. The Morgan fingerprint density at radius 2 is 1.65 bits per heavy atom. The predicted molar refractivity (Wildman–Crippen MR) is 107 cm³/mol. The molecule has 2 nitrogen and oxygen atoms in total. The molecule has 0 amide bonds. The van der Waals surface area contributed by atoms with Gasteiger partial charge in [0.2, 0.25) is 0 Å². The molecule has 0 atom stereocenters. The minimum Gasteiger partial charge on any atom is -0.353 e. The van der Waals surface area contributed by atoms with Gasteiger partial charge in [-0.25, -0.2) is 0 Å². The molecular formula is C24H18N2. The Kier molecular flexibility index (Phi) is 2.81. The number of aliphatic imine (C=N–C) groups is 1. The molecule has 1 aliphatic carbocycles. The minimum atomic E-state index is 0.863. The molecule has 0 saturated carbocycles. The number of aromatic amines is 1. The van der Waals surface area contributed by atoms with E-state index in [1.54, 1.807) is 0 Å². The second-order valence-corrected chi connectivity index (χ2v) is 7.21. The fraction of sp³-hybridized carbons (Fsp3) is 0.125. The Balaban J connectivity index is 1.49. The van der Waals surface area contributed by atoms with E-state index in [2.05, 4.69) is 71.7 Å². The summed E-state index contributed by atoms with van der Waals surface area (Å²) in [5, 5.41) is 1.34. The minimum absolute atomic E-state index is 0.863. The van der Waals surface area contributed by atoms with Crippen molar-refractivity contribution >= 4 is 16.6 Å². The number of nitrogens with one attached hydrogen (secondary N) is 1. The van der Waals surface area contributed by atoms with Crippen LogP contribution >= 0.6 is 0 Å². The third-order valence-corrected chi connectivity index (χ3v) is 5.75. The number of hydrogen-bond acceptors (Lipinski definition) is 1. The fourth-order valence-corrected chi connectivity index (χ4v) is 4.55. The second kappa shape index (κ2) is 5.18. The van der Waals surface area contributed by atoms with E-state index in [9.17, 15) is 0 Å². The number of nitrogens with zero attached hydrogens (tertiary/aromatic N) is 1. The van der Waals surface area contributed by atoms with Crippen LogP contribution in [-0.4, -0.2) is 17.2 Å². The summed E-state index contributed by atoms with van der Waals surface area (Å²) in [5.41, 5.74) is 11.8. The van der Waals surface area contributed by atoms with Crippen LogP contribution in [0.2, 0.25) is 0 Å². The Morgan fingerprint density at radius 1 is 0.808 bits per heavy atom. The van der Waals surface area contributed by atoms with Gasteiger partial charge in [0.05, 0.1) is 11.4 Å². The third kappa shape index (κ3) is 1.90. The normalized spacial score (nSPS) is 14.7. The molecule has 2 heteroatoms. The summed E-state index contributed by atoms with van der Waals surface area (Å²) in [6.07, 6.45) is 2.03. The lowest BCUT2D eigenvalue weighted by Crippen LogP contribution is -2.13. The molecule has 26 heavy (non-hydrogen) atoms. The van der Waals surface area contributed by atoms with Gasteiger partial charge in [-0.15, -0.1) is 0 Å². The summed E-state index contributed by atoms with van der Waals surface area (Å²) in [6, 6.07) is 24.2. The highest BCUT2D eigenvalue weighted by Gasteiger charge is 2.23. The quantitative estimate of drug-likeness (QED) is 0.440. The number of hydrogen-bond donors (Lipinski definition) is 1. The monoisotopic (exact) mass is 334 g/mol. The molecule has 0 unspecified atom stereocenters. The second-order valence-electron chi connectivity index (χ2n) is 7.21. The highest BCUT2D eigenvalue weighted by atomic mass is 14.8. The number of aromatic nitrogens is 1. The van der Waals surface area contributed by atoms with E-state index < -0.39 is 0 Å². The van der Waals surface area contributed by atoms with Crippen LogP contribution in [0, 0.1) is 0 Å².